The first-order chi connectivity index (χ1) is 8.84. The van der Waals surface area contributed by atoms with Crippen LogP contribution in [0.2, 0.25) is 0 Å². The van der Waals surface area contributed by atoms with Crippen molar-refractivity contribution >= 4 is 17.3 Å². The molecule has 0 fully saturated rings. The van der Waals surface area contributed by atoms with Crippen LogP contribution < -0.4 is 5.73 Å². The van der Waals surface area contributed by atoms with Gasteiger partial charge in [-0.1, -0.05) is 6.07 Å². The van der Waals surface area contributed by atoms with E-state index in [2.05, 4.69) is 20.2 Å². The smallest absolute Gasteiger partial charge is 0.220 e. The van der Waals surface area contributed by atoms with E-state index in [0.717, 1.165) is 21.7 Å². The van der Waals surface area contributed by atoms with Gasteiger partial charge in [0.25, 0.3) is 0 Å². The van der Waals surface area contributed by atoms with Crippen LogP contribution in [0.5, 0.6) is 0 Å². The zero-order valence-electron chi connectivity index (χ0n) is 9.32. The summed E-state index contributed by atoms with van der Waals surface area (Å²) in [7, 11) is 0. The molecule has 0 amide bonds. The normalized spacial score (nSPS) is 10.4. The Balaban J connectivity index is 2.21. The second-order valence-corrected chi connectivity index (χ2v) is 4.55. The molecular formula is C12H9N5S. The summed E-state index contributed by atoms with van der Waals surface area (Å²) < 4.78 is 0. The number of anilines is 1. The number of nitrogens with two attached hydrogens (primary N) is 1. The summed E-state index contributed by atoms with van der Waals surface area (Å²) in [5.41, 5.74) is 8.32. The number of hydrogen-bond acceptors (Lipinski definition) is 6. The number of rotatable bonds is 2. The van der Waals surface area contributed by atoms with Gasteiger partial charge in [-0.05, 0) is 17.5 Å². The van der Waals surface area contributed by atoms with Crippen molar-refractivity contribution in [3.63, 3.8) is 0 Å². The molecule has 0 saturated heterocycles. The summed E-state index contributed by atoms with van der Waals surface area (Å²) in [6.07, 6.45) is 5.05. The van der Waals surface area contributed by atoms with E-state index in [0.29, 0.717) is 0 Å². The molecular weight excluding hydrogens is 246 g/mol. The molecule has 3 heterocycles. The topological polar surface area (TPSA) is 77.6 Å². The summed E-state index contributed by atoms with van der Waals surface area (Å²) in [5, 5.41) is 9.64. The van der Waals surface area contributed by atoms with Crippen molar-refractivity contribution < 1.29 is 0 Å². The van der Waals surface area contributed by atoms with Gasteiger partial charge in [-0.3, -0.25) is 0 Å². The number of thiophene rings is 1. The molecule has 0 bridgehead atoms. The summed E-state index contributed by atoms with van der Waals surface area (Å²) in [6.45, 7) is 0. The minimum atomic E-state index is 0.268. The summed E-state index contributed by atoms with van der Waals surface area (Å²) in [4.78, 5) is 9.42. The van der Waals surface area contributed by atoms with Gasteiger partial charge in [0.05, 0.1) is 23.0 Å². The molecule has 0 unspecified atom stereocenters. The van der Waals surface area contributed by atoms with Gasteiger partial charge in [0.2, 0.25) is 5.95 Å². The van der Waals surface area contributed by atoms with Crippen LogP contribution in [0.15, 0.2) is 42.2 Å². The molecule has 0 aliphatic heterocycles. The lowest BCUT2D eigenvalue weighted by Gasteiger charge is -2.06. The van der Waals surface area contributed by atoms with Crippen molar-refractivity contribution in [1.29, 1.82) is 0 Å². The maximum Gasteiger partial charge on any atom is 0.220 e. The predicted molar refractivity (Wildman–Crippen MR) is 70.8 cm³/mol. The van der Waals surface area contributed by atoms with E-state index >= 15 is 0 Å². The fourth-order valence-corrected chi connectivity index (χ4v) is 2.39. The van der Waals surface area contributed by atoms with Gasteiger partial charge in [0.15, 0.2) is 0 Å². The lowest BCUT2D eigenvalue weighted by atomic mass is 10.1. The summed E-state index contributed by atoms with van der Waals surface area (Å²) >= 11 is 1.61. The number of hydrogen-bond donors (Lipinski definition) is 1. The van der Waals surface area contributed by atoms with E-state index in [1.54, 1.807) is 29.9 Å². The van der Waals surface area contributed by atoms with Crippen LogP contribution in [0.3, 0.4) is 0 Å². The highest BCUT2D eigenvalue weighted by Gasteiger charge is 2.11. The molecule has 0 atom stereocenters. The van der Waals surface area contributed by atoms with Gasteiger partial charge in [-0.25, -0.2) is 9.97 Å². The Morgan fingerprint density at radius 3 is 2.78 bits per heavy atom. The van der Waals surface area contributed by atoms with Crippen LogP contribution in [0.1, 0.15) is 0 Å². The Bertz CT molecular complexity index is 651. The van der Waals surface area contributed by atoms with Gasteiger partial charge >= 0.3 is 0 Å². The Kier molecular flexibility index (Phi) is 2.70. The Morgan fingerprint density at radius 1 is 1.11 bits per heavy atom. The highest BCUT2D eigenvalue weighted by molar-refractivity contribution is 7.13. The predicted octanol–water partition coefficient (Wildman–Crippen LogP) is 2.24. The van der Waals surface area contributed by atoms with Crippen molar-refractivity contribution in [2.75, 3.05) is 5.73 Å². The van der Waals surface area contributed by atoms with E-state index in [9.17, 15) is 0 Å². The molecule has 0 saturated carbocycles. The standard InChI is InChI=1S/C12H9N5S/c13-12-14-7-9(8-3-4-15-16-6-8)11(17-12)10-2-1-5-18-10/h1-7H,(H2,13,14,17). The van der Waals surface area contributed by atoms with Crippen molar-refractivity contribution in [3.05, 3.63) is 42.2 Å². The molecule has 0 aliphatic carbocycles. The van der Waals surface area contributed by atoms with E-state index < -0.39 is 0 Å². The van der Waals surface area contributed by atoms with Gasteiger partial charge in [0.1, 0.15) is 0 Å². The maximum absolute atomic E-state index is 5.67. The van der Waals surface area contributed by atoms with Gasteiger partial charge < -0.3 is 5.73 Å². The first-order valence-corrected chi connectivity index (χ1v) is 6.16. The number of aromatic nitrogens is 4. The molecule has 0 aliphatic rings. The van der Waals surface area contributed by atoms with E-state index in [-0.39, 0.29) is 5.95 Å². The van der Waals surface area contributed by atoms with E-state index in [1.165, 1.54) is 0 Å². The van der Waals surface area contributed by atoms with Crippen molar-refractivity contribution in [2.45, 2.75) is 0 Å². The fourth-order valence-electron chi connectivity index (χ4n) is 1.66. The molecule has 3 aromatic rings. The zero-order valence-corrected chi connectivity index (χ0v) is 10.1. The average Bonchev–Trinajstić information content (AvgIpc) is 2.93. The Hall–Kier alpha value is -2.34. The van der Waals surface area contributed by atoms with Crippen molar-refractivity contribution in [1.82, 2.24) is 20.2 Å². The highest BCUT2D eigenvalue weighted by Crippen LogP contribution is 2.32. The lowest BCUT2D eigenvalue weighted by Crippen LogP contribution is -1.98. The monoisotopic (exact) mass is 255 g/mol. The molecule has 88 valence electrons. The second kappa shape index (κ2) is 4.50. The average molecular weight is 255 g/mol. The molecule has 18 heavy (non-hydrogen) atoms. The maximum atomic E-state index is 5.67. The third kappa shape index (κ3) is 1.93. The van der Waals surface area contributed by atoms with Crippen molar-refractivity contribution in [2.24, 2.45) is 0 Å². The third-order valence-corrected chi connectivity index (χ3v) is 3.33. The van der Waals surface area contributed by atoms with E-state index in [1.807, 2.05) is 23.6 Å². The first-order valence-electron chi connectivity index (χ1n) is 5.28. The van der Waals surface area contributed by atoms with Crippen molar-refractivity contribution in [3.8, 4) is 21.7 Å². The summed E-state index contributed by atoms with van der Waals surface area (Å²) in [6, 6.07) is 5.86. The van der Waals surface area contributed by atoms with Crippen LogP contribution in [0, 0.1) is 0 Å². The first kappa shape index (κ1) is 10.8. The van der Waals surface area contributed by atoms with Crippen LogP contribution >= 0.6 is 11.3 Å². The fraction of sp³-hybridized carbons (Fsp3) is 0. The molecule has 0 spiro atoms. The Morgan fingerprint density at radius 2 is 2.06 bits per heavy atom. The van der Waals surface area contributed by atoms with Crippen LogP contribution in [0.4, 0.5) is 5.95 Å². The molecule has 2 N–H and O–H groups in total. The zero-order chi connectivity index (χ0) is 12.4. The minimum absolute atomic E-state index is 0.268. The highest BCUT2D eigenvalue weighted by atomic mass is 32.1. The molecule has 0 aromatic carbocycles. The second-order valence-electron chi connectivity index (χ2n) is 3.60. The quantitative estimate of drug-likeness (QED) is 0.759. The number of nitrogens with zero attached hydrogens (tertiary/aromatic N) is 4. The SMILES string of the molecule is Nc1ncc(-c2ccnnc2)c(-c2cccs2)n1. The lowest BCUT2D eigenvalue weighted by molar-refractivity contribution is 1.03. The van der Waals surface area contributed by atoms with Crippen LogP contribution in [0.25, 0.3) is 21.7 Å². The van der Waals surface area contributed by atoms with Crippen LogP contribution in [-0.4, -0.2) is 20.2 Å². The largest absolute Gasteiger partial charge is 0.368 e. The molecule has 3 rings (SSSR count). The molecule has 5 nitrogen and oxygen atoms in total. The van der Waals surface area contributed by atoms with Crippen LogP contribution in [-0.2, 0) is 0 Å². The van der Waals surface area contributed by atoms with E-state index in [4.69, 9.17) is 5.73 Å². The molecule has 3 aromatic heterocycles. The number of nitrogen functional groups attached to an aromatic ring is 1. The van der Waals surface area contributed by atoms with Gasteiger partial charge in [-0.15, -0.1) is 11.3 Å². The van der Waals surface area contributed by atoms with Gasteiger partial charge in [-0.2, -0.15) is 10.2 Å². The molecule has 0 radical (unpaired) electrons. The summed E-state index contributed by atoms with van der Waals surface area (Å²) in [5.74, 6) is 0.268. The third-order valence-electron chi connectivity index (χ3n) is 2.46. The minimum Gasteiger partial charge on any atom is -0.368 e. The Labute approximate surface area is 107 Å². The molecule has 6 heteroatoms. The van der Waals surface area contributed by atoms with Gasteiger partial charge in [0, 0.05) is 17.3 Å².